The van der Waals surface area contributed by atoms with Gasteiger partial charge < -0.3 is 14.6 Å². The molecule has 2 aliphatic heterocycles. The predicted octanol–water partition coefficient (Wildman–Crippen LogP) is 0.765. The minimum atomic E-state index is -0.541. The topological polar surface area (TPSA) is 38.7 Å². The molecule has 2 aliphatic rings. The molecular formula is C9H16O3. The lowest BCUT2D eigenvalue weighted by atomic mass is 9.84. The molecule has 12 heavy (non-hydrogen) atoms. The molecule has 0 aliphatic carbocycles. The minimum absolute atomic E-state index is 0.0220. The van der Waals surface area contributed by atoms with Gasteiger partial charge in [0.25, 0.3) is 0 Å². The maximum Gasteiger partial charge on any atom is 0.158 e. The Morgan fingerprint density at radius 2 is 2.33 bits per heavy atom. The summed E-state index contributed by atoms with van der Waals surface area (Å²) in [5, 5.41) is 9.87. The predicted molar refractivity (Wildman–Crippen MR) is 43.6 cm³/mol. The lowest BCUT2D eigenvalue weighted by molar-refractivity contribution is -0.151. The van der Waals surface area contributed by atoms with Crippen molar-refractivity contribution in [3.63, 3.8) is 0 Å². The number of fused-ring (bicyclic) bond motifs is 2. The number of hydrogen-bond donors (Lipinski definition) is 1. The second-order valence-corrected chi connectivity index (χ2v) is 3.88. The highest BCUT2D eigenvalue weighted by molar-refractivity contribution is 4.87. The molecule has 2 saturated heterocycles. The van der Waals surface area contributed by atoms with Crippen molar-refractivity contribution in [1.29, 1.82) is 0 Å². The van der Waals surface area contributed by atoms with Crippen molar-refractivity contribution in [3.8, 4) is 0 Å². The van der Waals surface area contributed by atoms with Gasteiger partial charge in [0.1, 0.15) is 6.10 Å². The van der Waals surface area contributed by atoms with E-state index in [-0.39, 0.29) is 12.0 Å². The standard InChI is InChI=1S/C9H16O3/c1-5(2)6-3-8-11-4-7(12-8)9(6)10/h5-10H,3-4H2,1-2H3/t6-,7-,8-,9-/m0/s1/i3D/t3-,6-,7-,8-,9-. The van der Waals surface area contributed by atoms with Gasteiger partial charge in [0.15, 0.2) is 6.29 Å². The highest BCUT2D eigenvalue weighted by atomic mass is 16.7. The molecule has 0 aromatic carbocycles. The summed E-state index contributed by atoms with van der Waals surface area (Å²) in [6, 6.07) is 0. The van der Waals surface area contributed by atoms with Crippen LogP contribution >= 0.6 is 0 Å². The van der Waals surface area contributed by atoms with Crippen LogP contribution in [-0.4, -0.2) is 30.2 Å². The number of rotatable bonds is 1. The Bertz CT molecular complexity index is 181. The molecular weight excluding hydrogens is 156 g/mol. The Labute approximate surface area is 74.1 Å². The molecule has 2 rings (SSSR count). The average molecular weight is 173 g/mol. The van der Waals surface area contributed by atoms with Gasteiger partial charge in [-0.2, -0.15) is 0 Å². The maximum atomic E-state index is 9.87. The van der Waals surface area contributed by atoms with Gasteiger partial charge in [0, 0.05) is 7.77 Å². The highest BCUT2D eigenvalue weighted by Gasteiger charge is 2.43. The van der Waals surface area contributed by atoms with Crippen LogP contribution in [0.1, 0.15) is 21.6 Å². The van der Waals surface area contributed by atoms with E-state index >= 15 is 0 Å². The van der Waals surface area contributed by atoms with Crippen LogP contribution < -0.4 is 0 Å². The molecule has 0 radical (unpaired) electrons. The summed E-state index contributed by atoms with van der Waals surface area (Å²) in [7, 11) is 0. The van der Waals surface area contributed by atoms with Gasteiger partial charge in [0.05, 0.1) is 12.7 Å². The Morgan fingerprint density at radius 1 is 1.58 bits per heavy atom. The van der Waals surface area contributed by atoms with Gasteiger partial charge in [-0.05, 0) is 11.8 Å². The van der Waals surface area contributed by atoms with Gasteiger partial charge in [-0.1, -0.05) is 13.8 Å². The normalized spacial score (nSPS) is 54.3. The average Bonchev–Trinajstić information content (AvgIpc) is 2.46. The van der Waals surface area contributed by atoms with E-state index in [2.05, 4.69) is 0 Å². The van der Waals surface area contributed by atoms with Crippen LogP contribution in [0.2, 0.25) is 0 Å². The van der Waals surface area contributed by atoms with E-state index in [1.54, 1.807) is 0 Å². The number of ether oxygens (including phenoxy) is 2. The lowest BCUT2D eigenvalue weighted by Crippen LogP contribution is -2.42. The number of hydrogen-bond acceptors (Lipinski definition) is 3. The van der Waals surface area contributed by atoms with Crippen molar-refractivity contribution in [2.75, 3.05) is 6.61 Å². The van der Waals surface area contributed by atoms with Crippen molar-refractivity contribution < 1.29 is 16.0 Å². The Kier molecular flexibility index (Phi) is 1.81. The molecule has 70 valence electrons. The molecule has 3 heteroatoms. The van der Waals surface area contributed by atoms with Crippen molar-refractivity contribution in [3.05, 3.63) is 0 Å². The molecule has 5 atom stereocenters. The van der Waals surface area contributed by atoms with Crippen molar-refractivity contribution >= 4 is 0 Å². The lowest BCUT2D eigenvalue weighted by Gasteiger charge is -2.34. The summed E-state index contributed by atoms with van der Waals surface area (Å²) in [5.41, 5.74) is 0. The zero-order valence-electron chi connectivity index (χ0n) is 8.43. The van der Waals surface area contributed by atoms with E-state index in [1.807, 2.05) is 13.8 Å². The first kappa shape index (κ1) is 7.30. The van der Waals surface area contributed by atoms with Gasteiger partial charge in [0.2, 0.25) is 0 Å². The molecule has 2 heterocycles. The number of aliphatic hydroxyl groups is 1. The summed E-state index contributed by atoms with van der Waals surface area (Å²) in [6.07, 6.45) is -1.62. The third-order valence-electron chi connectivity index (χ3n) is 2.66. The molecule has 0 saturated carbocycles. The monoisotopic (exact) mass is 173 g/mol. The first-order chi connectivity index (χ1) is 6.11. The maximum absolute atomic E-state index is 9.87. The Balaban J connectivity index is 2.17. The second-order valence-electron chi connectivity index (χ2n) is 3.88. The quantitative estimate of drug-likeness (QED) is 0.636. The first-order valence-corrected chi connectivity index (χ1v) is 4.48. The summed E-state index contributed by atoms with van der Waals surface area (Å²) < 4.78 is 18.5. The summed E-state index contributed by atoms with van der Waals surface area (Å²) >= 11 is 0. The Morgan fingerprint density at radius 3 is 3.00 bits per heavy atom. The van der Waals surface area contributed by atoms with E-state index in [9.17, 15) is 5.11 Å². The largest absolute Gasteiger partial charge is 0.390 e. The van der Waals surface area contributed by atoms with Crippen LogP contribution in [0.4, 0.5) is 0 Å². The Hall–Kier alpha value is -0.120. The van der Waals surface area contributed by atoms with Gasteiger partial charge in [-0.15, -0.1) is 0 Å². The third-order valence-corrected chi connectivity index (χ3v) is 2.66. The van der Waals surface area contributed by atoms with Crippen LogP contribution in [-0.2, 0) is 9.47 Å². The summed E-state index contributed by atoms with van der Waals surface area (Å²) in [6.45, 7) is 4.49. The fourth-order valence-corrected chi connectivity index (χ4v) is 1.88. The van der Waals surface area contributed by atoms with E-state index < -0.39 is 18.8 Å². The molecule has 0 aromatic rings. The smallest absolute Gasteiger partial charge is 0.158 e. The van der Waals surface area contributed by atoms with E-state index in [4.69, 9.17) is 10.8 Å². The van der Waals surface area contributed by atoms with Gasteiger partial charge >= 0.3 is 0 Å². The van der Waals surface area contributed by atoms with Crippen LogP contribution in [0, 0.1) is 11.8 Å². The van der Waals surface area contributed by atoms with E-state index in [0.717, 1.165) is 0 Å². The van der Waals surface area contributed by atoms with Crippen molar-refractivity contribution in [2.24, 2.45) is 11.8 Å². The van der Waals surface area contributed by atoms with Crippen molar-refractivity contribution in [1.82, 2.24) is 0 Å². The second kappa shape index (κ2) is 2.98. The zero-order chi connectivity index (χ0) is 9.59. The van der Waals surface area contributed by atoms with Crippen LogP contribution in [0.3, 0.4) is 0 Å². The fraction of sp³-hybridized carbons (Fsp3) is 1.00. The van der Waals surface area contributed by atoms with Crippen LogP contribution in [0.15, 0.2) is 0 Å². The third kappa shape index (κ3) is 1.26. The number of aliphatic hydroxyl groups excluding tert-OH is 1. The molecule has 2 fully saturated rings. The van der Waals surface area contributed by atoms with E-state index in [0.29, 0.717) is 12.5 Å². The molecule has 0 aromatic heterocycles. The molecule has 0 spiro atoms. The molecule has 0 amide bonds. The SMILES string of the molecule is [2H][C@@H]1[C@H]2OC[C@H](O2)[C@@H](O)[C@@H]1C(C)C. The molecule has 0 unspecified atom stereocenters. The minimum Gasteiger partial charge on any atom is -0.390 e. The van der Waals surface area contributed by atoms with Crippen LogP contribution in [0.5, 0.6) is 0 Å². The highest BCUT2D eigenvalue weighted by Crippen LogP contribution is 2.35. The molecule has 3 nitrogen and oxygen atoms in total. The zero-order valence-corrected chi connectivity index (χ0v) is 7.43. The van der Waals surface area contributed by atoms with E-state index in [1.165, 1.54) is 0 Å². The summed E-state index contributed by atoms with van der Waals surface area (Å²) in [5.74, 6) is 0.277. The van der Waals surface area contributed by atoms with Gasteiger partial charge in [-0.3, -0.25) is 0 Å². The van der Waals surface area contributed by atoms with Gasteiger partial charge in [-0.25, -0.2) is 0 Å². The van der Waals surface area contributed by atoms with Crippen LogP contribution in [0.25, 0.3) is 0 Å². The molecule has 1 N–H and O–H groups in total. The molecule has 2 bridgehead atoms. The first-order valence-electron chi connectivity index (χ1n) is 5.06. The fourth-order valence-electron chi connectivity index (χ4n) is 1.88. The van der Waals surface area contributed by atoms with Crippen molar-refractivity contribution in [2.45, 2.75) is 38.7 Å². The summed E-state index contributed by atoms with van der Waals surface area (Å²) in [4.78, 5) is 0.